The zero-order chi connectivity index (χ0) is 10.8. The van der Waals surface area contributed by atoms with Crippen LogP contribution in [0.25, 0.3) is 11.3 Å². The van der Waals surface area contributed by atoms with Crippen LogP contribution < -0.4 is 0 Å². The molecule has 0 atom stereocenters. The van der Waals surface area contributed by atoms with Crippen molar-refractivity contribution >= 4 is 5.69 Å². The molecule has 0 radical (unpaired) electrons. The molecule has 0 unspecified atom stereocenters. The molecule has 0 amide bonds. The van der Waals surface area contributed by atoms with Crippen LogP contribution in [0.2, 0.25) is 0 Å². The average molecular weight is 203 g/mol. The maximum Gasteiger partial charge on any atom is 0.272 e. The number of nitrogens with one attached hydrogen (secondary N) is 1. The lowest BCUT2D eigenvalue weighted by atomic mass is 10.1. The van der Waals surface area contributed by atoms with E-state index in [2.05, 4.69) is 10.2 Å². The van der Waals surface area contributed by atoms with E-state index in [0.29, 0.717) is 5.56 Å². The van der Waals surface area contributed by atoms with E-state index >= 15 is 0 Å². The zero-order valence-electron chi connectivity index (χ0n) is 8.10. The molecule has 0 aliphatic heterocycles. The number of nitro benzene ring substituents is 1. The predicted octanol–water partition coefficient (Wildman–Crippen LogP) is 2.29. The van der Waals surface area contributed by atoms with Gasteiger partial charge in [0.1, 0.15) is 0 Å². The molecule has 0 fully saturated rings. The van der Waals surface area contributed by atoms with Gasteiger partial charge in [-0.2, -0.15) is 5.10 Å². The van der Waals surface area contributed by atoms with Crippen LogP contribution in [-0.4, -0.2) is 15.1 Å². The van der Waals surface area contributed by atoms with Gasteiger partial charge < -0.3 is 0 Å². The number of aryl methyl sites for hydroxylation is 1. The third-order valence-electron chi connectivity index (χ3n) is 2.19. The number of nitrogens with zero attached hydrogens (tertiary/aromatic N) is 2. The predicted molar refractivity (Wildman–Crippen MR) is 55.4 cm³/mol. The fraction of sp³-hybridized carbons (Fsp3) is 0.100. The van der Waals surface area contributed by atoms with Gasteiger partial charge in [0.15, 0.2) is 0 Å². The molecule has 0 saturated carbocycles. The van der Waals surface area contributed by atoms with E-state index in [1.54, 1.807) is 25.3 Å². The van der Waals surface area contributed by atoms with E-state index in [0.717, 1.165) is 11.3 Å². The zero-order valence-corrected chi connectivity index (χ0v) is 8.10. The van der Waals surface area contributed by atoms with E-state index in [9.17, 15) is 10.1 Å². The molecule has 5 nitrogen and oxygen atoms in total. The van der Waals surface area contributed by atoms with Gasteiger partial charge in [-0.25, -0.2) is 0 Å². The Morgan fingerprint density at radius 3 is 2.73 bits per heavy atom. The van der Waals surface area contributed by atoms with Crippen LogP contribution >= 0.6 is 0 Å². The van der Waals surface area contributed by atoms with Crippen molar-refractivity contribution in [1.82, 2.24) is 10.2 Å². The highest BCUT2D eigenvalue weighted by Crippen LogP contribution is 2.24. The molecular weight excluding hydrogens is 194 g/mol. The molecule has 76 valence electrons. The molecule has 5 heteroatoms. The Bertz CT molecular complexity index is 491. The minimum Gasteiger partial charge on any atom is -0.285 e. The summed E-state index contributed by atoms with van der Waals surface area (Å²) in [5.41, 5.74) is 2.43. The van der Waals surface area contributed by atoms with Gasteiger partial charge in [-0.1, -0.05) is 0 Å². The Kier molecular flexibility index (Phi) is 2.21. The molecule has 15 heavy (non-hydrogen) atoms. The molecule has 0 spiro atoms. The number of aromatic nitrogens is 2. The molecule has 1 aromatic carbocycles. The van der Waals surface area contributed by atoms with Gasteiger partial charge in [-0.15, -0.1) is 0 Å². The first-order valence-electron chi connectivity index (χ1n) is 4.43. The molecule has 0 bridgehead atoms. The maximum atomic E-state index is 10.6. The quantitative estimate of drug-likeness (QED) is 0.601. The number of aromatic amines is 1. The highest BCUT2D eigenvalue weighted by Gasteiger charge is 2.11. The minimum atomic E-state index is -0.385. The first-order chi connectivity index (χ1) is 7.18. The Balaban J connectivity index is 2.47. The van der Waals surface area contributed by atoms with Crippen molar-refractivity contribution in [2.45, 2.75) is 6.92 Å². The molecule has 2 aromatic rings. The van der Waals surface area contributed by atoms with Crippen molar-refractivity contribution in [3.63, 3.8) is 0 Å². The number of hydrogen-bond acceptors (Lipinski definition) is 3. The lowest BCUT2D eigenvalue weighted by Crippen LogP contribution is -1.91. The van der Waals surface area contributed by atoms with Gasteiger partial charge in [0.25, 0.3) is 5.69 Å². The van der Waals surface area contributed by atoms with E-state index in [4.69, 9.17) is 0 Å². The van der Waals surface area contributed by atoms with Crippen LogP contribution in [0.4, 0.5) is 5.69 Å². The van der Waals surface area contributed by atoms with Crippen molar-refractivity contribution in [2.24, 2.45) is 0 Å². The highest BCUT2D eigenvalue weighted by atomic mass is 16.6. The number of hydrogen-bond donors (Lipinski definition) is 1. The second kappa shape index (κ2) is 3.53. The van der Waals surface area contributed by atoms with Crippen molar-refractivity contribution in [3.8, 4) is 11.3 Å². The van der Waals surface area contributed by atoms with Gasteiger partial charge in [-0.3, -0.25) is 15.2 Å². The van der Waals surface area contributed by atoms with Crippen LogP contribution in [0.1, 0.15) is 5.56 Å². The highest BCUT2D eigenvalue weighted by molar-refractivity contribution is 5.62. The SMILES string of the molecule is Cc1cc(-c2cc[nH]n2)ccc1[N+](=O)[O-]. The monoisotopic (exact) mass is 203 g/mol. The summed E-state index contributed by atoms with van der Waals surface area (Å²) in [7, 11) is 0. The third-order valence-corrected chi connectivity index (χ3v) is 2.19. The van der Waals surface area contributed by atoms with Crippen molar-refractivity contribution < 1.29 is 4.92 Å². The fourth-order valence-corrected chi connectivity index (χ4v) is 1.44. The van der Waals surface area contributed by atoms with Crippen LogP contribution in [0.15, 0.2) is 30.5 Å². The molecule has 1 heterocycles. The topological polar surface area (TPSA) is 71.8 Å². The second-order valence-corrected chi connectivity index (χ2v) is 3.22. The van der Waals surface area contributed by atoms with E-state index in [1.165, 1.54) is 6.07 Å². The summed E-state index contributed by atoms with van der Waals surface area (Å²) in [5, 5.41) is 17.3. The van der Waals surface area contributed by atoms with E-state index < -0.39 is 0 Å². The van der Waals surface area contributed by atoms with Crippen LogP contribution in [-0.2, 0) is 0 Å². The maximum absolute atomic E-state index is 10.6. The van der Waals surface area contributed by atoms with E-state index in [-0.39, 0.29) is 10.6 Å². The molecule has 1 aromatic heterocycles. The number of rotatable bonds is 2. The van der Waals surface area contributed by atoms with Crippen LogP contribution in [0.3, 0.4) is 0 Å². The van der Waals surface area contributed by atoms with E-state index in [1.807, 2.05) is 6.07 Å². The number of nitro groups is 1. The van der Waals surface area contributed by atoms with Crippen LogP contribution in [0, 0.1) is 17.0 Å². The fourth-order valence-electron chi connectivity index (χ4n) is 1.44. The Morgan fingerprint density at radius 2 is 2.20 bits per heavy atom. The molecule has 2 rings (SSSR count). The van der Waals surface area contributed by atoms with Crippen molar-refractivity contribution in [3.05, 3.63) is 46.1 Å². The molecule has 0 aliphatic carbocycles. The van der Waals surface area contributed by atoms with Crippen molar-refractivity contribution in [1.29, 1.82) is 0 Å². The van der Waals surface area contributed by atoms with Gasteiger partial charge in [0.05, 0.1) is 10.6 Å². The average Bonchev–Trinajstić information content (AvgIpc) is 2.69. The Morgan fingerprint density at radius 1 is 1.40 bits per heavy atom. The van der Waals surface area contributed by atoms with Gasteiger partial charge >= 0.3 is 0 Å². The van der Waals surface area contributed by atoms with Crippen molar-refractivity contribution in [2.75, 3.05) is 0 Å². The molecule has 0 aliphatic rings. The Hall–Kier alpha value is -2.17. The summed E-state index contributed by atoms with van der Waals surface area (Å²) in [6.07, 6.45) is 1.71. The summed E-state index contributed by atoms with van der Waals surface area (Å²) in [4.78, 5) is 10.2. The lowest BCUT2D eigenvalue weighted by molar-refractivity contribution is -0.385. The van der Waals surface area contributed by atoms with Crippen LogP contribution in [0.5, 0.6) is 0 Å². The summed E-state index contributed by atoms with van der Waals surface area (Å²) in [6.45, 7) is 1.72. The third kappa shape index (κ3) is 1.71. The second-order valence-electron chi connectivity index (χ2n) is 3.22. The first kappa shape index (κ1) is 9.39. The normalized spacial score (nSPS) is 10.2. The lowest BCUT2D eigenvalue weighted by Gasteiger charge is -1.99. The first-order valence-corrected chi connectivity index (χ1v) is 4.43. The minimum absolute atomic E-state index is 0.134. The summed E-state index contributed by atoms with van der Waals surface area (Å²) < 4.78 is 0. The number of benzene rings is 1. The van der Waals surface area contributed by atoms with Gasteiger partial charge in [-0.05, 0) is 25.1 Å². The largest absolute Gasteiger partial charge is 0.285 e. The summed E-state index contributed by atoms with van der Waals surface area (Å²) in [6, 6.07) is 6.77. The summed E-state index contributed by atoms with van der Waals surface area (Å²) in [5.74, 6) is 0. The van der Waals surface area contributed by atoms with Gasteiger partial charge in [0, 0.05) is 23.4 Å². The molecular formula is C10H9N3O2. The molecule has 1 N–H and O–H groups in total. The molecule has 0 saturated heterocycles. The van der Waals surface area contributed by atoms with Gasteiger partial charge in [0.2, 0.25) is 0 Å². The smallest absolute Gasteiger partial charge is 0.272 e. The standard InChI is InChI=1S/C10H9N3O2/c1-7-6-8(9-4-5-11-12-9)2-3-10(7)13(14)15/h2-6H,1H3,(H,11,12). The Labute approximate surface area is 85.9 Å². The number of H-pyrrole nitrogens is 1. The summed E-state index contributed by atoms with van der Waals surface area (Å²) >= 11 is 0.